The molecule has 0 spiro atoms. The first-order valence-corrected chi connectivity index (χ1v) is 6.49. The van der Waals surface area contributed by atoms with Crippen molar-refractivity contribution in [3.63, 3.8) is 0 Å². The lowest BCUT2D eigenvalue weighted by molar-refractivity contribution is 0.488. The van der Waals surface area contributed by atoms with Gasteiger partial charge in [0.15, 0.2) is 0 Å². The van der Waals surface area contributed by atoms with Crippen molar-refractivity contribution in [3.8, 4) is 0 Å². The number of sulfonamides is 1. The van der Waals surface area contributed by atoms with Gasteiger partial charge in [-0.2, -0.15) is 4.31 Å². The zero-order valence-corrected chi connectivity index (χ0v) is 10.5. The van der Waals surface area contributed by atoms with Gasteiger partial charge in [0, 0.05) is 13.6 Å². The second-order valence-electron chi connectivity index (χ2n) is 3.57. The highest BCUT2D eigenvalue weighted by Gasteiger charge is 2.35. The van der Waals surface area contributed by atoms with Crippen LogP contribution in [0, 0.1) is 6.92 Å². The van der Waals surface area contributed by atoms with E-state index in [1.165, 1.54) is 11.4 Å². The molecule has 0 amide bonds. The normalized spacial score (nSPS) is 19.2. The Hall–Kier alpha value is -0.290. The Balaban J connectivity index is 2.84. The van der Waals surface area contributed by atoms with Gasteiger partial charge in [-0.05, 0) is 18.1 Å². The molecule has 0 aliphatic carbocycles. The fourth-order valence-electron chi connectivity index (χ4n) is 1.68. The van der Waals surface area contributed by atoms with E-state index in [2.05, 4.69) is 0 Å². The van der Waals surface area contributed by atoms with E-state index in [0.717, 1.165) is 5.56 Å². The lowest BCUT2D eigenvalue weighted by atomic mass is 10.1. The Morgan fingerprint density at radius 3 is 2.53 bits per heavy atom. The zero-order valence-electron chi connectivity index (χ0n) is 8.21. The van der Waals surface area contributed by atoms with Gasteiger partial charge < -0.3 is 0 Å². The van der Waals surface area contributed by atoms with Crippen LogP contribution in [0.2, 0.25) is 10.0 Å². The van der Waals surface area contributed by atoms with Crippen LogP contribution < -0.4 is 0 Å². The lowest BCUT2D eigenvalue weighted by Gasteiger charge is -2.07. The first-order chi connectivity index (χ1) is 6.85. The van der Waals surface area contributed by atoms with Gasteiger partial charge in [-0.25, -0.2) is 8.42 Å². The molecule has 6 heteroatoms. The quantitative estimate of drug-likeness (QED) is 0.723. The van der Waals surface area contributed by atoms with Crippen LogP contribution in [-0.4, -0.2) is 19.8 Å². The minimum Gasteiger partial charge on any atom is -0.207 e. The molecule has 0 radical (unpaired) electrons. The summed E-state index contributed by atoms with van der Waals surface area (Å²) in [4.78, 5) is 0.155. The first-order valence-electron chi connectivity index (χ1n) is 4.29. The number of benzene rings is 1. The van der Waals surface area contributed by atoms with E-state index < -0.39 is 10.0 Å². The van der Waals surface area contributed by atoms with Crippen molar-refractivity contribution in [1.29, 1.82) is 0 Å². The highest BCUT2D eigenvalue weighted by molar-refractivity contribution is 7.89. The molecule has 0 N–H and O–H groups in total. The molecule has 15 heavy (non-hydrogen) atoms. The van der Waals surface area contributed by atoms with E-state index in [4.69, 9.17) is 23.2 Å². The van der Waals surface area contributed by atoms with E-state index in [1.807, 2.05) is 0 Å². The Bertz CT molecular complexity index is 540. The van der Waals surface area contributed by atoms with Crippen molar-refractivity contribution in [3.05, 3.63) is 27.2 Å². The molecule has 0 atom stereocenters. The van der Waals surface area contributed by atoms with E-state index in [9.17, 15) is 8.42 Å². The van der Waals surface area contributed by atoms with Crippen molar-refractivity contribution in [2.45, 2.75) is 18.4 Å². The summed E-state index contributed by atoms with van der Waals surface area (Å²) in [5, 5.41) is 0.449. The number of fused-ring (bicyclic) bond motifs is 1. The Labute approximate surface area is 98.6 Å². The monoisotopic (exact) mass is 265 g/mol. The summed E-state index contributed by atoms with van der Waals surface area (Å²) >= 11 is 11.9. The largest absolute Gasteiger partial charge is 0.244 e. The molecule has 2 rings (SSSR count). The van der Waals surface area contributed by atoms with Gasteiger partial charge in [0.2, 0.25) is 10.0 Å². The molecule has 1 aliphatic heterocycles. The number of hydrogen-bond donors (Lipinski definition) is 0. The predicted octanol–water partition coefficient (Wildman–Crippen LogP) is 2.44. The van der Waals surface area contributed by atoms with Gasteiger partial charge in [0.25, 0.3) is 0 Å². The van der Waals surface area contributed by atoms with Crippen LogP contribution in [0.25, 0.3) is 0 Å². The molecule has 0 saturated carbocycles. The third-order valence-electron chi connectivity index (χ3n) is 2.48. The SMILES string of the molecule is Cc1cc2c(c(Cl)c1Cl)S(=O)(=O)N(C)C2. The third-order valence-corrected chi connectivity index (χ3v) is 5.49. The molecule has 1 aromatic rings. The number of aryl methyl sites for hydroxylation is 1. The summed E-state index contributed by atoms with van der Waals surface area (Å²) in [6.45, 7) is 2.16. The predicted molar refractivity (Wildman–Crippen MR) is 59.9 cm³/mol. The maximum Gasteiger partial charge on any atom is 0.244 e. The van der Waals surface area contributed by atoms with Crippen LogP contribution in [0.1, 0.15) is 11.1 Å². The van der Waals surface area contributed by atoms with E-state index in [1.54, 1.807) is 13.0 Å². The highest BCUT2D eigenvalue weighted by atomic mass is 35.5. The Morgan fingerprint density at radius 2 is 1.93 bits per heavy atom. The lowest BCUT2D eigenvalue weighted by Crippen LogP contribution is -2.18. The average molecular weight is 266 g/mol. The maximum atomic E-state index is 11.9. The number of hydrogen-bond acceptors (Lipinski definition) is 2. The van der Waals surface area contributed by atoms with Crippen LogP contribution in [0.4, 0.5) is 0 Å². The molecule has 0 aromatic heterocycles. The molecular formula is C9H9Cl2NO2S. The van der Waals surface area contributed by atoms with Gasteiger partial charge in [-0.3, -0.25) is 0 Å². The van der Waals surface area contributed by atoms with Crippen LogP contribution in [0.3, 0.4) is 0 Å². The molecule has 0 unspecified atom stereocenters. The van der Waals surface area contributed by atoms with Crippen LogP contribution >= 0.6 is 23.2 Å². The Morgan fingerprint density at radius 1 is 1.33 bits per heavy atom. The van der Waals surface area contributed by atoms with Gasteiger partial charge in [-0.1, -0.05) is 29.3 Å². The van der Waals surface area contributed by atoms with Crippen molar-refractivity contribution in [2.24, 2.45) is 0 Å². The molecule has 82 valence electrons. The third kappa shape index (κ3) is 1.47. The van der Waals surface area contributed by atoms with Crippen LogP contribution in [-0.2, 0) is 16.6 Å². The molecule has 3 nitrogen and oxygen atoms in total. The number of rotatable bonds is 0. The maximum absolute atomic E-state index is 11.9. The van der Waals surface area contributed by atoms with E-state index >= 15 is 0 Å². The summed E-state index contributed by atoms with van der Waals surface area (Å²) in [5.74, 6) is 0. The van der Waals surface area contributed by atoms with Gasteiger partial charge in [-0.15, -0.1) is 0 Å². The zero-order chi connectivity index (χ0) is 11.4. The summed E-state index contributed by atoms with van der Waals surface area (Å²) in [5.41, 5.74) is 1.51. The second-order valence-corrected chi connectivity index (χ2v) is 6.31. The minimum absolute atomic E-state index is 0.135. The highest BCUT2D eigenvalue weighted by Crippen LogP contribution is 2.40. The summed E-state index contributed by atoms with van der Waals surface area (Å²) in [6, 6.07) is 1.77. The van der Waals surface area contributed by atoms with E-state index in [-0.39, 0.29) is 9.92 Å². The molecule has 0 bridgehead atoms. The van der Waals surface area contributed by atoms with Crippen LogP contribution in [0.15, 0.2) is 11.0 Å². The molecule has 0 saturated heterocycles. The van der Waals surface area contributed by atoms with Crippen molar-refractivity contribution < 1.29 is 8.42 Å². The molecular weight excluding hydrogens is 257 g/mol. The fraction of sp³-hybridized carbons (Fsp3) is 0.333. The minimum atomic E-state index is -3.44. The fourth-order valence-corrected chi connectivity index (χ4v) is 3.85. The molecule has 1 heterocycles. The van der Waals surface area contributed by atoms with Gasteiger partial charge >= 0.3 is 0 Å². The second kappa shape index (κ2) is 3.35. The Kier molecular flexibility index (Phi) is 2.50. The first kappa shape index (κ1) is 11.2. The topological polar surface area (TPSA) is 37.4 Å². The summed E-state index contributed by atoms with van der Waals surface area (Å²) in [7, 11) is -1.91. The number of nitrogens with zero attached hydrogens (tertiary/aromatic N) is 1. The standard InChI is InChI=1S/C9H9Cl2NO2S/c1-5-3-6-4-12(2)15(13,14)9(6)8(11)7(5)10/h3H,4H2,1-2H3. The van der Waals surface area contributed by atoms with Crippen LogP contribution in [0.5, 0.6) is 0 Å². The van der Waals surface area contributed by atoms with Crippen molar-refractivity contribution in [1.82, 2.24) is 4.31 Å². The number of halogens is 2. The van der Waals surface area contributed by atoms with Crippen molar-refractivity contribution >= 4 is 33.2 Å². The smallest absolute Gasteiger partial charge is 0.207 e. The van der Waals surface area contributed by atoms with Gasteiger partial charge in [0.1, 0.15) is 4.90 Å². The summed E-state index contributed by atoms with van der Waals surface area (Å²) < 4.78 is 25.0. The van der Waals surface area contributed by atoms with Crippen molar-refractivity contribution in [2.75, 3.05) is 7.05 Å². The molecule has 0 fully saturated rings. The van der Waals surface area contributed by atoms with E-state index in [0.29, 0.717) is 17.1 Å². The van der Waals surface area contributed by atoms with Gasteiger partial charge in [0.05, 0.1) is 10.0 Å². The average Bonchev–Trinajstić information content (AvgIpc) is 2.34. The summed E-state index contributed by atoms with van der Waals surface area (Å²) in [6.07, 6.45) is 0. The molecule has 1 aromatic carbocycles. The molecule has 1 aliphatic rings.